The van der Waals surface area contributed by atoms with Crippen molar-refractivity contribution in [2.45, 2.75) is 38.5 Å². The van der Waals surface area contributed by atoms with Crippen LogP contribution in [-0.2, 0) is 4.79 Å². The van der Waals surface area contributed by atoms with Gasteiger partial charge in [0.15, 0.2) is 0 Å². The van der Waals surface area contributed by atoms with Crippen molar-refractivity contribution in [1.29, 1.82) is 0 Å². The van der Waals surface area contributed by atoms with Crippen LogP contribution in [0.15, 0.2) is 0 Å². The van der Waals surface area contributed by atoms with Crippen LogP contribution in [0.2, 0.25) is 0 Å². The first-order valence-electron chi connectivity index (χ1n) is 9.66. The maximum absolute atomic E-state index is 12.9. The molecule has 0 aromatic rings. The van der Waals surface area contributed by atoms with Crippen molar-refractivity contribution in [3.63, 3.8) is 0 Å². The molecule has 1 unspecified atom stereocenters. The highest BCUT2D eigenvalue weighted by molar-refractivity contribution is 5.85. The van der Waals surface area contributed by atoms with Crippen molar-refractivity contribution in [2.24, 2.45) is 11.8 Å². The number of piperidine rings is 2. The van der Waals surface area contributed by atoms with E-state index in [2.05, 4.69) is 5.32 Å². The van der Waals surface area contributed by atoms with Gasteiger partial charge in [-0.2, -0.15) is 0 Å². The fraction of sp³-hybridized carbons (Fsp3) is 0.889. The quantitative estimate of drug-likeness (QED) is 0.821. The average Bonchev–Trinajstić information content (AvgIpc) is 3.16. The highest BCUT2D eigenvalue weighted by atomic mass is 35.5. The first kappa shape index (κ1) is 20.3. The molecule has 0 aromatic carbocycles. The van der Waals surface area contributed by atoms with E-state index in [1.807, 2.05) is 21.7 Å². The van der Waals surface area contributed by atoms with Crippen LogP contribution in [0.3, 0.4) is 0 Å². The standard InChI is InChI=1S/C18H32N4O2.ClH/c1-19-13-15-6-11-20(12-7-15)17(23)16-5-4-10-22(14-16)18(24)21-8-2-3-9-21;/h15-16,19H,2-14H2,1H3;1H. The summed E-state index contributed by atoms with van der Waals surface area (Å²) in [6.45, 7) is 5.99. The summed E-state index contributed by atoms with van der Waals surface area (Å²) in [5.74, 6) is 0.974. The molecule has 6 nitrogen and oxygen atoms in total. The van der Waals surface area contributed by atoms with E-state index in [1.165, 1.54) is 0 Å². The Bertz CT molecular complexity index is 448. The van der Waals surface area contributed by atoms with Crippen molar-refractivity contribution < 1.29 is 9.59 Å². The smallest absolute Gasteiger partial charge is 0.320 e. The first-order valence-corrected chi connectivity index (χ1v) is 9.66. The summed E-state index contributed by atoms with van der Waals surface area (Å²) in [4.78, 5) is 31.4. The monoisotopic (exact) mass is 372 g/mol. The lowest BCUT2D eigenvalue weighted by atomic mass is 9.93. The van der Waals surface area contributed by atoms with Gasteiger partial charge in [-0.25, -0.2) is 4.79 Å². The van der Waals surface area contributed by atoms with Crippen molar-refractivity contribution in [2.75, 3.05) is 52.9 Å². The Morgan fingerprint density at radius 2 is 1.52 bits per heavy atom. The zero-order valence-corrected chi connectivity index (χ0v) is 16.2. The molecule has 3 heterocycles. The van der Waals surface area contributed by atoms with Gasteiger partial charge >= 0.3 is 6.03 Å². The van der Waals surface area contributed by atoms with E-state index in [4.69, 9.17) is 0 Å². The Morgan fingerprint density at radius 3 is 2.16 bits per heavy atom. The molecule has 7 heteroatoms. The number of amides is 3. The number of rotatable bonds is 3. The van der Waals surface area contributed by atoms with E-state index < -0.39 is 0 Å². The second kappa shape index (κ2) is 9.62. The van der Waals surface area contributed by atoms with Crippen molar-refractivity contribution in [3.05, 3.63) is 0 Å². The minimum atomic E-state index is 0. The molecule has 144 valence electrons. The number of urea groups is 1. The first-order chi connectivity index (χ1) is 11.7. The molecular weight excluding hydrogens is 340 g/mol. The van der Waals surface area contributed by atoms with Gasteiger partial charge in [-0.1, -0.05) is 0 Å². The normalized spacial score (nSPS) is 25.0. The van der Waals surface area contributed by atoms with Gasteiger partial charge < -0.3 is 20.0 Å². The Morgan fingerprint density at radius 1 is 0.880 bits per heavy atom. The maximum Gasteiger partial charge on any atom is 0.320 e. The Hall–Kier alpha value is -1.01. The highest BCUT2D eigenvalue weighted by Gasteiger charge is 2.34. The van der Waals surface area contributed by atoms with E-state index in [0.29, 0.717) is 12.5 Å². The van der Waals surface area contributed by atoms with Crippen LogP contribution >= 0.6 is 12.4 Å². The largest absolute Gasteiger partial charge is 0.342 e. The van der Waals surface area contributed by atoms with Gasteiger partial charge in [-0.15, -0.1) is 12.4 Å². The minimum Gasteiger partial charge on any atom is -0.342 e. The molecule has 0 aromatic heterocycles. The summed E-state index contributed by atoms with van der Waals surface area (Å²) in [5.41, 5.74) is 0. The molecular formula is C18H33ClN4O2. The minimum absolute atomic E-state index is 0. The van der Waals surface area contributed by atoms with E-state index >= 15 is 0 Å². The van der Waals surface area contributed by atoms with Gasteiger partial charge in [0, 0.05) is 39.3 Å². The lowest BCUT2D eigenvalue weighted by Gasteiger charge is -2.38. The lowest BCUT2D eigenvalue weighted by molar-refractivity contribution is -0.138. The second-order valence-electron chi connectivity index (χ2n) is 7.59. The molecule has 0 saturated carbocycles. The molecule has 0 aliphatic carbocycles. The Kier molecular flexibility index (Phi) is 7.81. The van der Waals surface area contributed by atoms with E-state index in [-0.39, 0.29) is 30.3 Å². The molecule has 0 radical (unpaired) electrons. The maximum atomic E-state index is 12.9. The van der Waals surface area contributed by atoms with E-state index in [9.17, 15) is 9.59 Å². The average molecular weight is 373 g/mol. The van der Waals surface area contributed by atoms with Crippen LogP contribution in [-0.4, -0.2) is 79.5 Å². The molecule has 1 atom stereocenters. The molecule has 3 amide bonds. The summed E-state index contributed by atoms with van der Waals surface area (Å²) in [7, 11) is 1.99. The second-order valence-corrected chi connectivity index (χ2v) is 7.59. The lowest BCUT2D eigenvalue weighted by Crippen LogP contribution is -2.51. The molecule has 3 aliphatic rings. The predicted molar refractivity (Wildman–Crippen MR) is 101 cm³/mol. The van der Waals surface area contributed by atoms with Gasteiger partial charge in [0.25, 0.3) is 0 Å². The molecule has 3 saturated heterocycles. The number of nitrogens with zero attached hydrogens (tertiary/aromatic N) is 3. The summed E-state index contributed by atoms with van der Waals surface area (Å²) < 4.78 is 0. The SMILES string of the molecule is CNCC1CCN(C(=O)C2CCCN(C(=O)N3CCCC3)C2)CC1.Cl. The number of likely N-dealkylation sites (tertiary alicyclic amines) is 3. The van der Waals surface area contributed by atoms with Gasteiger partial charge in [-0.3, -0.25) is 4.79 Å². The fourth-order valence-electron chi connectivity index (χ4n) is 4.37. The van der Waals surface area contributed by atoms with Crippen LogP contribution in [0, 0.1) is 11.8 Å². The van der Waals surface area contributed by atoms with Crippen LogP contribution in [0.1, 0.15) is 38.5 Å². The zero-order valence-electron chi connectivity index (χ0n) is 15.4. The number of carbonyl (C=O) groups is 2. The third kappa shape index (κ3) is 5.00. The Balaban J connectivity index is 0.00000225. The number of halogens is 1. The highest BCUT2D eigenvalue weighted by Crippen LogP contribution is 2.24. The van der Waals surface area contributed by atoms with Crippen LogP contribution in [0.25, 0.3) is 0 Å². The van der Waals surface area contributed by atoms with Crippen LogP contribution < -0.4 is 5.32 Å². The summed E-state index contributed by atoms with van der Waals surface area (Å²) >= 11 is 0. The van der Waals surface area contributed by atoms with Crippen molar-refractivity contribution in [3.8, 4) is 0 Å². The number of hydrogen-bond donors (Lipinski definition) is 1. The molecule has 3 rings (SSSR count). The van der Waals surface area contributed by atoms with Crippen molar-refractivity contribution in [1.82, 2.24) is 20.0 Å². The molecule has 3 aliphatic heterocycles. The Labute approximate surface area is 157 Å². The molecule has 0 bridgehead atoms. The molecule has 1 N–H and O–H groups in total. The van der Waals surface area contributed by atoms with E-state index in [1.54, 1.807) is 0 Å². The third-order valence-electron chi connectivity index (χ3n) is 5.84. The topological polar surface area (TPSA) is 55.9 Å². The van der Waals surface area contributed by atoms with Gasteiger partial charge in [0.05, 0.1) is 5.92 Å². The van der Waals surface area contributed by atoms with Crippen LogP contribution in [0.4, 0.5) is 4.79 Å². The number of hydrogen-bond acceptors (Lipinski definition) is 3. The van der Waals surface area contributed by atoms with Gasteiger partial charge in [0.2, 0.25) is 5.91 Å². The van der Waals surface area contributed by atoms with Gasteiger partial charge in [-0.05, 0) is 58.0 Å². The number of carbonyl (C=O) groups excluding carboxylic acids is 2. The molecule has 3 fully saturated rings. The number of nitrogens with one attached hydrogen (secondary N) is 1. The van der Waals surface area contributed by atoms with Crippen molar-refractivity contribution >= 4 is 24.3 Å². The molecule has 25 heavy (non-hydrogen) atoms. The predicted octanol–water partition coefficient (Wildman–Crippen LogP) is 1.79. The summed E-state index contributed by atoms with van der Waals surface area (Å²) in [6.07, 6.45) is 6.30. The summed E-state index contributed by atoms with van der Waals surface area (Å²) in [5, 5.41) is 3.24. The van der Waals surface area contributed by atoms with E-state index in [0.717, 1.165) is 77.8 Å². The zero-order chi connectivity index (χ0) is 16.9. The van der Waals surface area contributed by atoms with Gasteiger partial charge in [0.1, 0.15) is 0 Å². The third-order valence-corrected chi connectivity index (χ3v) is 5.84. The summed E-state index contributed by atoms with van der Waals surface area (Å²) in [6, 6.07) is 0.151. The molecule has 0 spiro atoms. The fourth-order valence-corrected chi connectivity index (χ4v) is 4.37. The van der Waals surface area contributed by atoms with Crippen LogP contribution in [0.5, 0.6) is 0 Å².